The quantitative estimate of drug-likeness (QED) is 0.853. The second-order valence-electron chi connectivity index (χ2n) is 5.75. The second-order valence-corrected chi connectivity index (χ2v) is 5.75. The van der Waals surface area contributed by atoms with Gasteiger partial charge in [0.2, 0.25) is 0 Å². The third kappa shape index (κ3) is 4.33. The number of ether oxygens (including phenoxy) is 1. The molecule has 2 aromatic carbocycles. The van der Waals surface area contributed by atoms with E-state index in [9.17, 15) is 5.11 Å². The fourth-order valence-electron chi connectivity index (χ4n) is 2.44. The van der Waals surface area contributed by atoms with Crippen molar-refractivity contribution in [1.29, 1.82) is 0 Å². The lowest BCUT2D eigenvalue weighted by atomic mass is 9.97. The molecule has 0 aliphatic carbocycles. The van der Waals surface area contributed by atoms with Gasteiger partial charge in [0.1, 0.15) is 11.9 Å². The minimum atomic E-state index is -0.612. The van der Waals surface area contributed by atoms with Crippen LogP contribution in [0.25, 0.3) is 0 Å². The molecule has 0 fully saturated rings. The van der Waals surface area contributed by atoms with E-state index in [0.717, 1.165) is 23.3 Å². The van der Waals surface area contributed by atoms with Gasteiger partial charge in [0, 0.05) is 0 Å². The summed E-state index contributed by atoms with van der Waals surface area (Å²) in [6.07, 6.45) is 0.453. The normalized spacial score (nSPS) is 12.4. The zero-order chi connectivity index (χ0) is 15.2. The van der Waals surface area contributed by atoms with Gasteiger partial charge in [0.25, 0.3) is 0 Å². The molecule has 2 aromatic rings. The van der Waals surface area contributed by atoms with E-state index < -0.39 is 6.10 Å². The van der Waals surface area contributed by atoms with E-state index in [1.54, 1.807) is 0 Å². The molecule has 0 amide bonds. The smallest absolute Gasteiger partial charge is 0.119 e. The fraction of sp³-hybridized carbons (Fsp3) is 0.368. The van der Waals surface area contributed by atoms with Crippen LogP contribution in [0.3, 0.4) is 0 Å². The highest BCUT2D eigenvalue weighted by atomic mass is 16.5. The van der Waals surface area contributed by atoms with Gasteiger partial charge in [-0.05, 0) is 48.1 Å². The van der Waals surface area contributed by atoms with Gasteiger partial charge in [-0.25, -0.2) is 0 Å². The summed E-state index contributed by atoms with van der Waals surface area (Å²) in [5.74, 6) is 1.44. The van der Waals surface area contributed by atoms with Gasteiger partial charge >= 0.3 is 0 Å². The first kappa shape index (κ1) is 15.6. The summed E-state index contributed by atoms with van der Waals surface area (Å²) in [5, 5.41) is 10.5. The summed E-state index contributed by atoms with van der Waals surface area (Å²) < 4.78 is 5.48. The van der Waals surface area contributed by atoms with Gasteiger partial charge < -0.3 is 9.84 Å². The highest BCUT2D eigenvalue weighted by Crippen LogP contribution is 2.25. The minimum absolute atomic E-state index is 0.612. The predicted octanol–water partition coefficient (Wildman–Crippen LogP) is 4.37. The zero-order valence-corrected chi connectivity index (χ0v) is 13.0. The summed E-state index contributed by atoms with van der Waals surface area (Å²) >= 11 is 0. The van der Waals surface area contributed by atoms with Gasteiger partial charge in [-0.1, -0.05) is 50.2 Å². The van der Waals surface area contributed by atoms with Crippen LogP contribution in [0.2, 0.25) is 0 Å². The van der Waals surface area contributed by atoms with Gasteiger partial charge in [-0.15, -0.1) is 0 Å². The largest absolute Gasteiger partial charge is 0.494 e. The molecule has 0 heterocycles. The van der Waals surface area contributed by atoms with E-state index in [1.165, 1.54) is 5.56 Å². The van der Waals surface area contributed by atoms with Crippen molar-refractivity contribution in [3.8, 4) is 5.75 Å². The Labute approximate surface area is 127 Å². The summed E-state index contributed by atoms with van der Waals surface area (Å²) in [5.41, 5.74) is 3.08. The number of hydrogen-bond acceptors (Lipinski definition) is 2. The molecule has 0 aliphatic rings. The van der Waals surface area contributed by atoms with Crippen LogP contribution >= 0.6 is 0 Å². The molecule has 1 N–H and O–H groups in total. The van der Waals surface area contributed by atoms with Crippen molar-refractivity contribution in [3.05, 3.63) is 65.2 Å². The first-order chi connectivity index (χ1) is 10.1. The molecule has 2 heteroatoms. The average Bonchev–Trinajstić information content (AvgIpc) is 2.47. The van der Waals surface area contributed by atoms with Crippen LogP contribution in [-0.2, 0) is 6.42 Å². The van der Waals surface area contributed by atoms with Gasteiger partial charge in [0.15, 0.2) is 0 Å². The second kappa shape index (κ2) is 7.28. The highest BCUT2D eigenvalue weighted by molar-refractivity contribution is 5.36. The van der Waals surface area contributed by atoms with E-state index in [1.807, 2.05) is 43.3 Å². The molecule has 2 rings (SSSR count). The van der Waals surface area contributed by atoms with Crippen molar-refractivity contribution in [3.63, 3.8) is 0 Å². The van der Waals surface area contributed by atoms with Crippen LogP contribution in [0, 0.1) is 5.92 Å². The highest BCUT2D eigenvalue weighted by Gasteiger charge is 2.11. The first-order valence-corrected chi connectivity index (χ1v) is 7.59. The zero-order valence-electron chi connectivity index (χ0n) is 13.0. The van der Waals surface area contributed by atoms with E-state index >= 15 is 0 Å². The SMILES string of the molecule is CCOc1cccc(C(O)c2ccc(CC(C)C)cc2)c1. The number of benzene rings is 2. The maximum absolute atomic E-state index is 10.5. The number of rotatable bonds is 6. The Morgan fingerprint density at radius 3 is 2.33 bits per heavy atom. The monoisotopic (exact) mass is 284 g/mol. The molecule has 0 radical (unpaired) electrons. The van der Waals surface area contributed by atoms with Crippen LogP contribution < -0.4 is 4.74 Å². The van der Waals surface area contributed by atoms with Gasteiger partial charge in [0.05, 0.1) is 6.61 Å². The lowest BCUT2D eigenvalue weighted by Crippen LogP contribution is -2.01. The Kier molecular flexibility index (Phi) is 5.40. The third-order valence-corrected chi connectivity index (χ3v) is 3.42. The molecular weight excluding hydrogens is 260 g/mol. The van der Waals surface area contributed by atoms with Crippen molar-refractivity contribution in [1.82, 2.24) is 0 Å². The first-order valence-electron chi connectivity index (χ1n) is 7.59. The standard InChI is InChI=1S/C19H24O2/c1-4-21-18-7-5-6-17(13-18)19(20)16-10-8-15(9-11-16)12-14(2)3/h5-11,13-14,19-20H,4,12H2,1-3H3. The minimum Gasteiger partial charge on any atom is -0.494 e. The Hall–Kier alpha value is -1.80. The van der Waals surface area contributed by atoms with Crippen molar-refractivity contribution >= 4 is 0 Å². The van der Waals surface area contributed by atoms with Gasteiger partial charge in [-0.2, -0.15) is 0 Å². The molecule has 0 aliphatic heterocycles. The van der Waals surface area contributed by atoms with Crippen molar-refractivity contribution in [2.75, 3.05) is 6.61 Å². The molecule has 0 bridgehead atoms. The summed E-state index contributed by atoms with van der Waals surface area (Å²) in [4.78, 5) is 0. The van der Waals surface area contributed by atoms with E-state index in [2.05, 4.69) is 26.0 Å². The van der Waals surface area contributed by atoms with Crippen molar-refractivity contribution < 1.29 is 9.84 Å². The Balaban J connectivity index is 2.15. The van der Waals surface area contributed by atoms with E-state index in [0.29, 0.717) is 12.5 Å². The third-order valence-electron chi connectivity index (χ3n) is 3.42. The van der Waals surface area contributed by atoms with Crippen molar-refractivity contribution in [2.45, 2.75) is 33.3 Å². The van der Waals surface area contributed by atoms with Crippen molar-refractivity contribution in [2.24, 2.45) is 5.92 Å². The molecule has 0 saturated heterocycles. The molecule has 0 saturated carbocycles. The molecule has 0 spiro atoms. The lowest BCUT2D eigenvalue weighted by molar-refractivity contribution is 0.219. The molecule has 1 unspecified atom stereocenters. The molecule has 1 atom stereocenters. The summed E-state index contributed by atoms with van der Waals surface area (Å²) in [6, 6.07) is 15.9. The van der Waals surface area contributed by atoms with E-state index in [-0.39, 0.29) is 0 Å². The topological polar surface area (TPSA) is 29.5 Å². The Morgan fingerprint density at radius 2 is 1.71 bits per heavy atom. The number of aliphatic hydroxyl groups excluding tert-OH is 1. The summed E-state index contributed by atoms with van der Waals surface area (Å²) in [7, 11) is 0. The Bertz CT molecular complexity index is 558. The number of aliphatic hydroxyl groups is 1. The van der Waals surface area contributed by atoms with Crippen LogP contribution in [0.15, 0.2) is 48.5 Å². The Morgan fingerprint density at radius 1 is 1.00 bits per heavy atom. The average molecular weight is 284 g/mol. The number of hydrogen-bond donors (Lipinski definition) is 1. The molecule has 2 nitrogen and oxygen atoms in total. The molecule has 21 heavy (non-hydrogen) atoms. The predicted molar refractivity (Wildman–Crippen MR) is 86.7 cm³/mol. The lowest BCUT2D eigenvalue weighted by Gasteiger charge is -2.14. The van der Waals surface area contributed by atoms with Gasteiger partial charge in [-0.3, -0.25) is 0 Å². The van der Waals surface area contributed by atoms with E-state index in [4.69, 9.17) is 4.74 Å². The fourth-order valence-corrected chi connectivity index (χ4v) is 2.44. The molecule has 112 valence electrons. The maximum Gasteiger partial charge on any atom is 0.119 e. The summed E-state index contributed by atoms with van der Waals surface area (Å²) in [6.45, 7) is 7.00. The van der Waals surface area contributed by atoms with Crippen LogP contribution in [0.4, 0.5) is 0 Å². The molecule has 0 aromatic heterocycles. The van der Waals surface area contributed by atoms with Crippen LogP contribution in [-0.4, -0.2) is 11.7 Å². The van der Waals surface area contributed by atoms with Crippen LogP contribution in [0.1, 0.15) is 43.6 Å². The maximum atomic E-state index is 10.5. The van der Waals surface area contributed by atoms with Crippen LogP contribution in [0.5, 0.6) is 5.75 Å². The molecular formula is C19H24O2.